The molecule has 0 bridgehead atoms. The van der Waals surface area contributed by atoms with Gasteiger partial charge in [-0.25, -0.2) is 9.78 Å². The van der Waals surface area contributed by atoms with E-state index >= 15 is 0 Å². The number of carboxylic acids is 1. The van der Waals surface area contributed by atoms with Crippen LogP contribution in [0.5, 0.6) is 0 Å². The Balaban J connectivity index is 1.82. The second kappa shape index (κ2) is 5.58. The smallest absolute Gasteiger partial charge is 0.337 e. The lowest BCUT2D eigenvalue weighted by Gasteiger charge is -2.27. The molecule has 0 saturated carbocycles. The number of anilines is 1. The van der Waals surface area contributed by atoms with Crippen molar-refractivity contribution in [3.05, 3.63) is 22.8 Å². The Morgan fingerprint density at radius 2 is 2.15 bits per heavy atom. The molecule has 1 N–H and O–H groups in total. The molecule has 0 aliphatic carbocycles. The van der Waals surface area contributed by atoms with E-state index in [0.717, 1.165) is 26.1 Å². The van der Waals surface area contributed by atoms with Gasteiger partial charge in [0, 0.05) is 31.9 Å². The van der Waals surface area contributed by atoms with Gasteiger partial charge in [0.15, 0.2) is 0 Å². The second-order valence-electron chi connectivity index (χ2n) is 5.47. The van der Waals surface area contributed by atoms with Gasteiger partial charge in [-0.1, -0.05) is 11.6 Å². The number of carboxylic acid groups (broad SMARTS) is 1. The van der Waals surface area contributed by atoms with Crippen LogP contribution in [0.25, 0.3) is 0 Å². The minimum absolute atomic E-state index is 0.135. The number of carbonyl (C=O) groups is 1. The van der Waals surface area contributed by atoms with E-state index in [1.54, 1.807) is 0 Å². The van der Waals surface area contributed by atoms with Crippen LogP contribution in [0.2, 0.25) is 5.02 Å². The highest BCUT2D eigenvalue weighted by Gasteiger charge is 2.29. The van der Waals surface area contributed by atoms with E-state index in [2.05, 4.69) is 14.8 Å². The van der Waals surface area contributed by atoms with Crippen molar-refractivity contribution in [3.8, 4) is 0 Å². The summed E-state index contributed by atoms with van der Waals surface area (Å²) in [6.45, 7) is 4.18. The van der Waals surface area contributed by atoms with Crippen LogP contribution >= 0.6 is 11.6 Å². The molecule has 2 fully saturated rings. The van der Waals surface area contributed by atoms with E-state index in [-0.39, 0.29) is 5.56 Å². The molecule has 1 aromatic rings. The van der Waals surface area contributed by atoms with Crippen LogP contribution in [0.1, 0.15) is 29.6 Å². The van der Waals surface area contributed by atoms with Crippen LogP contribution in [0.15, 0.2) is 12.3 Å². The van der Waals surface area contributed by atoms with Crippen LogP contribution in [0.3, 0.4) is 0 Å². The molecule has 1 atom stereocenters. The van der Waals surface area contributed by atoms with Gasteiger partial charge in [-0.3, -0.25) is 4.90 Å². The van der Waals surface area contributed by atoms with Crippen molar-refractivity contribution in [1.82, 2.24) is 9.88 Å². The zero-order valence-electron chi connectivity index (χ0n) is 11.3. The number of aromatic carboxylic acids is 1. The highest BCUT2D eigenvalue weighted by molar-refractivity contribution is 6.33. The summed E-state index contributed by atoms with van der Waals surface area (Å²) in [7, 11) is 0. The van der Waals surface area contributed by atoms with Crippen molar-refractivity contribution >= 4 is 23.4 Å². The van der Waals surface area contributed by atoms with Crippen molar-refractivity contribution in [2.24, 2.45) is 0 Å². The molecule has 0 amide bonds. The number of rotatable bonds is 2. The SMILES string of the molecule is O=C(O)c1cnc(N2CCCN3CCCC3C2)c(Cl)c1. The van der Waals surface area contributed by atoms with Gasteiger partial charge in [-0.2, -0.15) is 0 Å². The zero-order chi connectivity index (χ0) is 14.1. The molecule has 3 heterocycles. The average Bonchev–Trinajstić information content (AvgIpc) is 2.76. The summed E-state index contributed by atoms with van der Waals surface area (Å²) in [4.78, 5) is 19.9. The first-order valence-electron chi connectivity index (χ1n) is 7.03. The fourth-order valence-electron chi connectivity index (χ4n) is 3.18. The van der Waals surface area contributed by atoms with Gasteiger partial charge >= 0.3 is 5.97 Å². The third-order valence-corrected chi connectivity index (χ3v) is 4.45. The van der Waals surface area contributed by atoms with E-state index in [9.17, 15) is 4.79 Å². The van der Waals surface area contributed by atoms with Crippen molar-refractivity contribution in [1.29, 1.82) is 0 Å². The zero-order valence-corrected chi connectivity index (χ0v) is 12.0. The van der Waals surface area contributed by atoms with Crippen LogP contribution < -0.4 is 4.90 Å². The highest BCUT2D eigenvalue weighted by atomic mass is 35.5. The monoisotopic (exact) mass is 295 g/mol. The Hall–Kier alpha value is -1.33. The van der Waals surface area contributed by atoms with E-state index in [0.29, 0.717) is 16.9 Å². The third-order valence-electron chi connectivity index (χ3n) is 4.17. The molecular formula is C14H18ClN3O2. The summed E-state index contributed by atoms with van der Waals surface area (Å²) in [5.74, 6) is -0.283. The van der Waals surface area contributed by atoms with Crippen LogP contribution in [-0.2, 0) is 0 Å². The molecule has 1 unspecified atom stereocenters. The minimum Gasteiger partial charge on any atom is -0.478 e. The molecular weight excluding hydrogens is 278 g/mol. The lowest BCUT2D eigenvalue weighted by molar-refractivity contribution is 0.0696. The van der Waals surface area contributed by atoms with Crippen LogP contribution in [-0.4, -0.2) is 53.2 Å². The summed E-state index contributed by atoms with van der Waals surface area (Å²) in [5, 5.41) is 9.39. The van der Waals surface area contributed by atoms with E-state index in [1.165, 1.54) is 31.6 Å². The predicted molar refractivity (Wildman–Crippen MR) is 77.6 cm³/mol. The average molecular weight is 296 g/mol. The predicted octanol–water partition coefficient (Wildman–Crippen LogP) is 2.11. The summed E-state index contributed by atoms with van der Waals surface area (Å²) >= 11 is 6.22. The molecule has 0 spiro atoms. The molecule has 2 aliphatic rings. The lowest BCUT2D eigenvalue weighted by Crippen LogP contribution is -2.37. The van der Waals surface area contributed by atoms with Gasteiger partial charge in [-0.05, 0) is 31.9 Å². The van der Waals surface area contributed by atoms with Gasteiger partial charge in [0.2, 0.25) is 0 Å². The molecule has 2 saturated heterocycles. The topological polar surface area (TPSA) is 56.7 Å². The first kappa shape index (κ1) is 13.6. The Bertz CT molecular complexity index is 523. The number of halogens is 1. The number of fused-ring (bicyclic) bond motifs is 1. The molecule has 1 aromatic heterocycles. The number of hydrogen-bond acceptors (Lipinski definition) is 4. The summed E-state index contributed by atoms with van der Waals surface area (Å²) < 4.78 is 0. The van der Waals surface area contributed by atoms with E-state index in [4.69, 9.17) is 16.7 Å². The number of aromatic nitrogens is 1. The molecule has 108 valence electrons. The maximum absolute atomic E-state index is 10.9. The Labute approximate surface area is 123 Å². The molecule has 0 radical (unpaired) electrons. The number of hydrogen-bond donors (Lipinski definition) is 1. The van der Waals surface area contributed by atoms with Gasteiger partial charge in [0.25, 0.3) is 0 Å². The lowest BCUT2D eigenvalue weighted by atomic mass is 10.2. The van der Waals surface area contributed by atoms with Gasteiger partial charge in [0.1, 0.15) is 5.82 Å². The largest absolute Gasteiger partial charge is 0.478 e. The maximum atomic E-state index is 10.9. The fourth-order valence-corrected chi connectivity index (χ4v) is 3.47. The molecule has 2 aliphatic heterocycles. The summed E-state index contributed by atoms with van der Waals surface area (Å²) in [5.41, 5.74) is 0.135. The molecule has 5 nitrogen and oxygen atoms in total. The second-order valence-corrected chi connectivity index (χ2v) is 5.87. The van der Waals surface area contributed by atoms with Crippen molar-refractivity contribution < 1.29 is 9.90 Å². The highest BCUT2D eigenvalue weighted by Crippen LogP contribution is 2.28. The van der Waals surface area contributed by atoms with Gasteiger partial charge in [-0.15, -0.1) is 0 Å². The normalized spacial score (nSPS) is 23.4. The van der Waals surface area contributed by atoms with Crippen LogP contribution in [0.4, 0.5) is 5.82 Å². The Morgan fingerprint density at radius 3 is 2.90 bits per heavy atom. The summed E-state index contributed by atoms with van der Waals surface area (Å²) in [6, 6.07) is 2.07. The number of nitrogens with zero attached hydrogens (tertiary/aromatic N) is 3. The van der Waals surface area contributed by atoms with Crippen LogP contribution in [0, 0.1) is 0 Å². The van der Waals surface area contributed by atoms with Gasteiger partial charge < -0.3 is 10.0 Å². The Kier molecular flexibility index (Phi) is 3.81. The van der Waals surface area contributed by atoms with Gasteiger partial charge in [0.05, 0.1) is 10.6 Å². The van der Waals surface area contributed by atoms with E-state index < -0.39 is 5.97 Å². The first-order chi connectivity index (χ1) is 9.65. The maximum Gasteiger partial charge on any atom is 0.337 e. The molecule has 20 heavy (non-hydrogen) atoms. The van der Waals surface area contributed by atoms with Crippen molar-refractivity contribution in [2.75, 3.05) is 31.1 Å². The van der Waals surface area contributed by atoms with Crippen molar-refractivity contribution in [3.63, 3.8) is 0 Å². The van der Waals surface area contributed by atoms with E-state index in [1.807, 2.05) is 0 Å². The standard InChI is InChI=1S/C14H18ClN3O2/c15-12-7-10(14(19)20)8-16-13(12)18-6-2-5-17-4-1-3-11(17)9-18/h7-8,11H,1-6,9H2,(H,19,20). The first-order valence-corrected chi connectivity index (χ1v) is 7.41. The minimum atomic E-state index is -0.996. The quantitative estimate of drug-likeness (QED) is 0.905. The Morgan fingerprint density at radius 1 is 1.35 bits per heavy atom. The third kappa shape index (κ3) is 2.60. The number of pyridine rings is 1. The fraction of sp³-hybridized carbons (Fsp3) is 0.571. The molecule has 3 rings (SSSR count). The summed E-state index contributed by atoms with van der Waals surface area (Å²) in [6.07, 6.45) is 4.97. The molecule has 0 aromatic carbocycles. The van der Waals surface area contributed by atoms with Crippen molar-refractivity contribution in [2.45, 2.75) is 25.3 Å². The molecule has 6 heteroatoms.